The van der Waals surface area contributed by atoms with E-state index in [4.69, 9.17) is 4.74 Å². The number of para-hydroxylation sites is 3. The highest BCUT2D eigenvalue weighted by atomic mass is 16.5. The molecule has 0 radical (unpaired) electrons. The molecule has 0 aliphatic rings. The Morgan fingerprint density at radius 1 is 0.889 bits per heavy atom. The quantitative estimate of drug-likeness (QED) is 0.730. The lowest BCUT2D eigenvalue weighted by Gasteiger charge is -2.20. The van der Waals surface area contributed by atoms with Gasteiger partial charge in [-0.3, -0.25) is 9.59 Å². The van der Waals surface area contributed by atoms with Crippen LogP contribution in [0.5, 0.6) is 5.75 Å². The minimum atomic E-state index is -0.234. The summed E-state index contributed by atoms with van der Waals surface area (Å²) < 4.78 is 5.65. The molecule has 2 rings (SSSR count). The van der Waals surface area contributed by atoms with Crippen molar-refractivity contribution in [1.29, 1.82) is 0 Å². The molecule has 2 N–H and O–H groups in total. The molecule has 2 aromatic rings. The maximum Gasteiger partial charge on any atom is 0.262 e. The third-order valence-corrected chi connectivity index (χ3v) is 4.19. The second kappa shape index (κ2) is 9.21. The van der Waals surface area contributed by atoms with Crippen LogP contribution in [0.1, 0.15) is 57.6 Å². The summed E-state index contributed by atoms with van der Waals surface area (Å²) in [6.45, 7) is 9.72. The zero-order valence-electron chi connectivity index (χ0n) is 16.6. The van der Waals surface area contributed by atoms with Gasteiger partial charge in [-0.15, -0.1) is 0 Å². The normalized spacial score (nSPS) is 10.8. The first-order valence-corrected chi connectivity index (χ1v) is 9.21. The van der Waals surface area contributed by atoms with E-state index in [0.29, 0.717) is 23.3 Å². The Morgan fingerprint density at radius 2 is 1.48 bits per heavy atom. The third-order valence-electron chi connectivity index (χ3n) is 4.19. The number of carbonyl (C=O) groups is 2. The zero-order valence-corrected chi connectivity index (χ0v) is 16.6. The number of carbonyl (C=O) groups excluding carboxylic acids is 2. The van der Waals surface area contributed by atoms with E-state index in [9.17, 15) is 9.59 Å². The fourth-order valence-corrected chi connectivity index (χ4v) is 2.90. The third kappa shape index (κ3) is 5.58. The molecule has 0 aromatic heterocycles. The van der Waals surface area contributed by atoms with Gasteiger partial charge in [0.05, 0.1) is 5.69 Å². The van der Waals surface area contributed by atoms with Crippen LogP contribution in [0.25, 0.3) is 0 Å². The number of ether oxygens (including phenoxy) is 1. The Bertz CT molecular complexity index is 787. The average Bonchev–Trinajstić information content (AvgIpc) is 2.60. The van der Waals surface area contributed by atoms with Gasteiger partial charge in [0.2, 0.25) is 5.91 Å². The minimum Gasteiger partial charge on any atom is -0.482 e. The van der Waals surface area contributed by atoms with Crippen LogP contribution in [-0.4, -0.2) is 18.4 Å². The Hall–Kier alpha value is -2.82. The van der Waals surface area contributed by atoms with Crippen molar-refractivity contribution in [3.05, 3.63) is 53.6 Å². The average molecular weight is 368 g/mol. The first-order valence-electron chi connectivity index (χ1n) is 9.21. The highest BCUT2D eigenvalue weighted by Crippen LogP contribution is 2.32. The summed E-state index contributed by atoms with van der Waals surface area (Å²) >= 11 is 0. The number of hydrogen-bond donors (Lipinski definition) is 2. The van der Waals surface area contributed by atoms with E-state index in [2.05, 4.69) is 38.3 Å². The molecular formula is C22H28N2O3. The van der Waals surface area contributed by atoms with Gasteiger partial charge in [-0.1, -0.05) is 58.0 Å². The van der Waals surface area contributed by atoms with Gasteiger partial charge in [0.1, 0.15) is 5.75 Å². The van der Waals surface area contributed by atoms with Gasteiger partial charge in [0, 0.05) is 12.6 Å². The zero-order chi connectivity index (χ0) is 20.0. The fraction of sp³-hybridized carbons (Fsp3) is 0.364. The fourth-order valence-electron chi connectivity index (χ4n) is 2.90. The molecule has 0 saturated heterocycles. The second-order valence-electron chi connectivity index (χ2n) is 7.14. The molecule has 0 atom stereocenters. The first-order chi connectivity index (χ1) is 12.8. The molecule has 0 bridgehead atoms. The topological polar surface area (TPSA) is 67.4 Å². The van der Waals surface area contributed by atoms with Gasteiger partial charge in [0.15, 0.2) is 6.61 Å². The molecule has 2 aromatic carbocycles. The lowest BCUT2D eigenvalue weighted by molar-refractivity contribution is -0.118. The van der Waals surface area contributed by atoms with Crippen LogP contribution in [0, 0.1) is 0 Å². The molecule has 0 unspecified atom stereocenters. The van der Waals surface area contributed by atoms with E-state index in [1.807, 2.05) is 18.2 Å². The van der Waals surface area contributed by atoms with Crippen molar-refractivity contribution < 1.29 is 14.3 Å². The van der Waals surface area contributed by atoms with E-state index in [1.165, 1.54) is 6.92 Å². The number of benzene rings is 2. The van der Waals surface area contributed by atoms with Gasteiger partial charge in [-0.05, 0) is 35.1 Å². The first kappa shape index (κ1) is 20.5. The second-order valence-corrected chi connectivity index (χ2v) is 7.14. The molecule has 2 amide bonds. The molecule has 27 heavy (non-hydrogen) atoms. The molecule has 0 spiro atoms. The number of hydrogen-bond acceptors (Lipinski definition) is 3. The molecule has 5 heteroatoms. The molecule has 0 saturated carbocycles. The monoisotopic (exact) mass is 368 g/mol. The Morgan fingerprint density at radius 3 is 2.04 bits per heavy atom. The van der Waals surface area contributed by atoms with Gasteiger partial charge < -0.3 is 15.4 Å². The number of amides is 2. The van der Waals surface area contributed by atoms with Crippen LogP contribution >= 0.6 is 0 Å². The summed E-state index contributed by atoms with van der Waals surface area (Å²) in [5, 5.41) is 5.72. The number of nitrogens with one attached hydrogen (secondary N) is 2. The Balaban J connectivity index is 2.15. The summed E-state index contributed by atoms with van der Waals surface area (Å²) in [6, 6.07) is 13.2. The molecule has 0 aliphatic carbocycles. The van der Waals surface area contributed by atoms with Crippen molar-refractivity contribution in [3.8, 4) is 5.75 Å². The van der Waals surface area contributed by atoms with Gasteiger partial charge in [-0.25, -0.2) is 0 Å². The molecule has 5 nitrogen and oxygen atoms in total. The van der Waals surface area contributed by atoms with Crippen molar-refractivity contribution in [3.63, 3.8) is 0 Å². The van der Waals surface area contributed by atoms with E-state index in [0.717, 1.165) is 16.8 Å². The summed E-state index contributed by atoms with van der Waals surface area (Å²) in [4.78, 5) is 23.8. The van der Waals surface area contributed by atoms with Crippen LogP contribution in [0.4, 0.5) is 11.4 Å². The van der Waals surface area contributed by atoms with E-state index >= 15 is 0 Å². The van der Waals surface area contributed by atoms with Crippen LogP contribution in [-0.2, 0) is 9.59 Å². The predicted molar refractivity (Wildman–Crippen MR) is 109 cm³/mol. The van der Waals surface area contributed by atoms with Crippen LogP contribution in [0.2, 0.25) is 0 Å². The van der Waals surface area contributed by atoms with Crippen molar-refractivity contribution >= 4 is 23.2 Å². The van der Waals surface area contributed by atoms with Gasteiger partial charge >= 0.3 is 0 Å². The summed E-state index contributed by atoms with van der Waals surface area (Å²) in [7, 11) is 0. The SMILES string of the molecule is CC(=O)Nc1ccccc1OCC(=O)Nc1c(C(C)C)cccc1C(C)C. The maximum atomic E-state index is 12.5. The van der Waals surface area contributed by atoms with Crippen LogP contribution in [0.3, 0.4) is 0 Å². The highest BCUT2D eigenvalue weighted by molar-refractivity contribution is 5.94. The standard InChI is InChI=1S/C22H28N2O3/c1-14(2)17-9-8-10-18(15(3)4)22(17)24-21(26)13-27-20-12-7-6-11-19(20)23-16(5)25/h6-12,14-15H,13H2,1-5H3,(H,23,25)(H,24,26). The van der Waals surface area contributed by atoms with Gasteiger partial charge in [0.25, 0.3) is 5.91 Å². The predicted octanol–water partition coefficient (Wildman–Crippen LogP) is 4.91. The molecule has 144 valence electrons. The number of anilines is 2. The molecule has 0 aliphatic heterocycles. The Kier molecular flexibility index (Phi) is 6.99. The molecule has 0 heterocycles. The van der Waals surface area contributed by atoms with E-state index in [-0.39, 0.29) is 18.4 Å². The summed E-state index contributed by atoms with van der Waals surface area (Å²) in [6.07, 6.45) is 0. The molecular weight excluding hydrogens is 340 g/mol. The smallest absolute Gasteiger partial charge is 0.262 e. The van der Waals surface area contributed by atoms with E-state index in [1.54, 1.807) is 24.3 Å². The minimum absolute atomic E-state index is 0.138. The maximum absolute atomic E-state index is 12.5. The lowest BCUT2D eigenvalue weighted by Crippen LogP contribution is -2.22. The highest BCUT2D eigenvalue weighted by Gasteiger charge is 2.16. The summed E-state index contributed by atoms with van der Waals surface area (Å²) in [5.74, 6) is 0.621. The summed E-state index contributed by atoms with van der Waals surface area (Å²) in [5.41, 5.74) is 3.62. The van der Waals surface area contributed by atoms with Crippen molar-refractivity contribution in [2.75, 3.05) is 17.2 Å². The van der Waals surface area contributed by atoms with Crippen molar-refractivity contribution in [2.24, 2.45) is 0 Å². The number of rotatable bonds is 7. The van der Waals surface area contributed by atoms with E-state index < -0.39 is 0 Å². The largest absolute Gasteiger partial charge is 0.482 e. The lowest BCUT2D eigenvalue weighted by atomic mass is 9.92. The van der Waals surface area contributed by atoms with Crippen LogP contribution in [0.15, 0.2) is 42.5 Å². The molecule has 0 fully saturated rings. The van der Waals surface area contributed by atoms with Crippen molar-refractivity contribution in [1.82, 2.24) is 0 Å². The van der Waals surface area contributed by atoms with Gasteiger partial charge in [-0.2, -0.15) is 0 Å². The van der Waals surface area contributed by atoms with Crippen molar-refractivity contribution in [2.45, 2.75) is 46.5 Å². The Labute approximate surface area is 161 Å². The van der Waals surface area contributed by atoms with Crippen LogP contribution < -0.4 is 15.4 Å².